The summed E-state index contributed by atoms with van der Waals surface area (Å²) in [5.74, 6) is -0.347. The number of anilines is 1. The quantitative estimate of drug-likeness (QED) is 0.698. The highest BCUT2D eigenvalue weighted by molar-refractivity contribution is 5.90. The number of carbonyl (C=O) groups is 1. The summed E-state index contributed by atoms with van der Waals surface area (Å²) in [6.07, 6.45) is -2.61. The van der Waals surface area contributed by atoms with Gasteiger partial charge in [0.05, 0.1) is 22.7 Å². The van der Waals surface area contributed by atoms with Crippen molar-refractivity contribution in [2.24, 2.45) is 0 Å². The molecule has 1 amide bonds. The minimum atomic E-state index is -4.58. The fourth-order valence-corrected chi connectivity index (χ4v) is 2.69. The molecule has 1 atom stereocenters. The van der Waals surface area contributed by atoms with Crippen LogP contribution in [0.3, 0.4) is 0 Å². The first kappa shape index (κ1) is 20.4. The third kappa shape index (κ3) is 4.40. The number of fused-ring (bicyclic) bond motifs is 1. The smallest absolute Gasteiger partial charge is 0.375 e. The van der Waals surface area contributed by atoms with Gasteiger partial charge in [-0.15, -0.1) is 0 Å². The van der Waals surface area contributed by atoms with Crippen LogP contribution in [0.5, 0.6) is 0 Å². The van der Waals surface area contributed by atoms with Crippen molar-refractivity contribution in [1.29, 1.82) is 0 Å². The Kier molecular flexibility index (Phi) is 5.59. The molecule has 0 fully saturated rings. The predicted octanol–water partition coefficient (Wildman–Crippen LogP) is 2.55. The highest BCUT2D eigenvalue weighted by atomic mass is 19.4. The highest BCUT2D eigenvalue weighted by Gasteiger charge is 2.31. The maximum atomic E-state index is 13.1. The fraction of sp³-hybridized carbons (Fsp3) is 0.278. The molecular weight excluding hydrogens is 391 g/mol. The Morgan fingerprint density at radius 3 is 2.66 bits per heavy atom. The Morgan fingerprint density at radius 2 is 2.03 bits per heavy atom. The number of alkyl halides is 3. The fourth-order valence-electron chi connectivity index (χ4n) is 2.69. The molecule has 1 unspecified atom stereocenters. The molecule has 2 aromatic heterocycles. The normalized spacial score (nSPS) is 12.7. The van der Waals surface area contributed by atoms with Crippen LogP contribution < -0.4 is 10.9 Å². The first-order chi connectivity index (χ1) is 13.7. The number of nitrogens with one attached hydrogen (secondary N) is 1. The van der Waals surface area contributed by atoms with E-state index in [0.717, 1.165) is 22.9 Å². The van der Waals surface area contributed by atoms with Crippen LogP contribution in [0, 0.1) is 0 Å². The molecule has 8 nitrogen and oxygen atoms in total. The van der Waals surface area contributed by atoms with E-state index in [-0.39, 0.29) is 22.3 Å². The SMILES string of the molecule is COC(C)c1nn(CC(=O)Nc2ccncn2)c(=O)c2ccc(C(F)(F)F)cc12. The van der Waals surface area contributed by atoms with E-state index in [9.17, 15) is 22.8 Å². The average Bonchev–Trinajstić information content (AvgIpc) is 2.69. The Balaban J connectivity index is 2.05. The van der Waals surface area contributed by atoms with Crippen LogP contribution in [0.2, 0.25) is 0 Å². The van der Waals surface area contributed by atoms with Crippen molar-refractivity contribution in [2.45, 2.75) is 25.7 Å². The summed E-state index contributed by atoms with van der Waals surface area (Å²) in [5, 5.41) is 6.60. The molecule has 0 saturated heterocycles. The van der Waals surface area contributed by atoms with Crippen LogP contribution in [0.25, 0.3) is 10.8 Å². The van der Waals surface area contributed by atoms with Crippen molar-refractivity contribution in [1.82, 2.24) is 19.7 Å². The van der Waals surface area contributed by atoms with Crippen molar-refractivity contribution < 1.29 is 22.7 Å². The summed E-state index contributed by atoms with van der Waals surface area (Å²) < 4.78 is 45.3. The number of rotatable bonds is 5. The van der Waals surface area contributed by atoms with Gasteiger partial charge in [0.15, 0.2) is 0 Å². The zero-order chi connectivity index (χ0) is 21.2. The van der Waals surface area contributed by atoms with Gasteiger partial charge in [-0.1, -0.05) is 0 Å². The number of ether oxygens (including phenoxy) is 1. The Labute approximate surface area is 162 Å². The van der Waals surface area contributed by atoms with E-state index < -0.39 is 35.9 Å². The first-order valence-electron chi connectivity index (χ1n) is 8.41. The van der Waals surface area contributed by atoms with E-state index in [1.807, 2.05) is 0 Å². The van der Waals surface area contributed by atoms with E-state index in [0.29, 0.717) is 0 Å². The molecule has 0 bridgehead atoms. The Bertz CT molecular complexity index is 1100. The van der Waals surface area contributed by atoms with Gasteiger partial charge in [-0.2, -0.15) is 18.3 Å². The zero-order valence-electron chi connectivity index (χ0n) is 15.4. The summed E-state index contributed by atoms with van der Waals surface area (Å²) in [5.41, 5.74) is -1.49. The van der Waals surface area contributed by atoms with Crippen molar-refractivity contribution in [3.63, 3.8) is 0 Å². The van der Waals surface area contributed by atoms with Crippen molar-refractivity contribution in [2.75, 3.05) is 12.4 Å². The number of halogens is 3. The number of methoxy groups -OCH3 is 1. The number of aromatic nitrogens is 4. The van der Waals surface area contributed by atoms with Gasteiger partial charge in [-0.25, -0.2) is 14.6 Å². The van der Waals surface area contributed by atoms with Crippen LogP contribution in [-0.4, -0.2) is 32.8 Å². The standard InChI is InChI=1S/C18H16F3N5O3/c1-10(29-2)16-13-7-11(18(19,20)21)3-4-12(13)17(28)26(25-16)8-15(27)24-14-5-6-22-9-23-14/h3-7,9-10H,8H2,1-2H3,(H,22,23,24,27). The number of carbonyl (C=O) groups excluding carboxylic acids is 1. The lowest BCUT2D eigenvalue weighted by Crippen LogP contribution is -2.31. The van der Waals surface area contributed by atoms with Gasteiger partial charge in [-0.3, -0.25) is 9.59 Å². The molecule has 152 valence electrons. The van der Waals surface area contributed by atoms with Gasteiger partial charge >= 0.3 is 6.18 Å². The molecule has 1 N–H and O–H groups in total. The van der Waals surface area contributed by atoms with Crippen LogP contribution in [0.4, 0.5) is 19.0 Å². The molecule has 0 aliphatic carbocycles. The third-order valence-electron chi connectivity index (χ3n) is 4.20. The molecule has 0 spiro atoms. The number of hydrogen-bond donors (Lipinski definition) is 1. The second-order valence-corrected chi connectivity index (χ2v) is 6.13. The van der Waals surface area contributed by atoms with Crippen molar-refractivity contribution >= 4 is 22.5 Å². The summed E-state index contributed by atoms with van der Waals surface area (Å²) >= 11 is 0. The van der Waals surface area contributed by atoms with Crippen molar-refractivity contribution in [3.05, 3.63) is 58.4 Å². The second kappa shape index (κ2) is 7.95. The zero-order valence-corrected chi connectivity index (χ0v) is 15.4. The lowest BCUT2D eigenvalue weighted by molar-refractivity contribution is -0.137. The average molecular weight is 407 g/mol. The van der Waals surface area contributed by atoms with E-state index in [1.54, 1.807) is 6.92 Å². The number of benzene rings is 1. The topological polar surface area (TPSA) is 99.0 Å². The van der Waals surface area contributed by atoms with Gasteiger partial charge in [0.1, 0.15) is 18.7 Å². The largest absolute Gasteiger partial charge is 0.416 e. The predicted molar refractivity (Wildman–Crippen MR) is 97.1 cm³/mol. The molecule has 0 aliphatic heterocycles. The molecule has 11 heteroatoms. The van der Waals surface area contributed by atoms with Crippen LogP contribution in [0.15, 0.2) is 41.6 Å². The number of hydrogen-bond acceptors (Lipinski definition) is 6. The molecule has 0 radical (unpaired) electrons. The minimum absolute atomic E-state index is 0.00161. The van der Waals surface area contributed by atoms with Gasteiger partial charge in [0.2, 0.25) is 5.91 Å². The molecule has 3 aromatic rings. The van der Waals surface area contributed by atoms with Crippen LogP contribution in [-0.2, 0) is 22.3 Å². The van der Waals surface area contributed by atoms with Gasteiger partial charge in [-0.05, 0) is 31.2 Å². The van der Waals surface area contributed by atoms with Crippen LogP contribution >= 0.6 is 0 Å². The molecule has 0 saturated carbocycles. The van der Waals surface area contributed by atoms with Gasteiger partial charge in [0, 0.05) is 18.7 Å². The monoisotopic (exact) mass is 407 g/mol. The summed E-state index contributed by atoms with van der Waals surface area (Å²) in [6.45, 7) is 1.13. The summed E-state index contributed by atoms with van der Waals surface area (Å²) in [7, 11) is 1.36. The van der Waals surface area contributed by atoms with Crippen LogP contribution in [0.1, 0.15) is 24.3 Å². The third-order valence-corrected chi connectivity index (χ3v) is 4.20. The van der Waals surface area contributed by atoms with E-state index in [4.69, 9.17) is 4.74 Å². The molecule has 2 heterocycles. The number of nitrogens with zero attached hydrogens (tertiary/aromatic N) is 4. The van der Waals surface area contributed by atoms with Gasteiger partial charge in [0.25, 0.3) is 5.56 Å². The number of amides is 1. The molecule has 0 aliphatic rings. The summed E-state index contributed by atoms with van der Waals surface area (Å²) in [4.78, 5) is 32.5. The van der Waals surface area contributed by atoms with E-state index >= 15 is 0 Å². The lowest BCUT2D eigenvalue weighted by Gasteiger charge is -2.16. The lowest BCUT2D eigenvalue weighted by atomic mass is 10.0. The first-order valence-corrected chi connectivity index (χ1v) is 8.41. The summed E-state index contributed by atoms with van der Waals surface area (Å²) in [6, 6.07) is 4.22. The maximum absolute atomic E-state index is 13.1. The molecule has 1 aromatic carbocycles. The Morgan fingerprint density at radius 1 is 1.28 bits per heavy atom. The Hall–Kier alpha value is -3.34. The van der Waals surface area contributed by atoms with Gasteiger partial charge < -0.3 is 10.1 Å². The minimum Gasteiger partial charge on any atom is -0.375 e. The highest BCUT2D eigenvalue weighted by Crippen LogP contribution is 2.32. The molecular formula is C18H16F3N5O3. The molecule has 3 rings (SSSR count). The van der Waals surface area contributed by atoms with E-state index in [1.165, 1.54) is 25.7 Å². The second-order valence-electron chi connectivity index (χ2n) is 6.13. The van der Waals surface area contributed by atoms with E-state index in [2.05, 4.69) is 20.4 Å². The van der Waals surface area contributed by atoms with Crippen molar-refractivity contribution in [3.8, 4) is 0 Å². The molecule has 29 heavy (non-hydrogen) atoms. The maximum Gasteiger partial charge on any atom is 0.416 e.